The van der Waals surface area contributed by atoms with E-state index in [4.69, 9.17) is 18.9 Å². The Morgan fingerprint density at radius 1 is 0.941 bits per heavy atom. The molecule has 0 radical (unpaired) electrons. The van der Waals surface area contributed by atoms with E-state index in [0.717, 1.165) is 25.9 Å². The first-order chi connectivity index (χ1) is 23.7. The van der Waals surface area contributed by atoms with Gasteiger partial charge in [0.1, 0.15) is 22.1 Å². The number of piperidine rings is 1. The van der Waals surface area contributed by atoms with E-state index in [1.807, 2.05) is 0 Å². The molecule has 274 valence electrons. The second-order valence-electron chi connectivity index (χ2n) is 11.9. The lowest BCUT2D eigenvalue weighted by Gasteiger charge is -2.41. The van der Waals surface area contributed by atoms with Gasteiger partial charge in [0.15, 0.2) is 0 Å². The monoisotopic (exact) mass is 761 g/mol. The molecule has 51 heavy (non-hydrogen) atoms. The topological polar surface area (TPSA) is 151 Å². The van der Waals surface area contributed by atoms with E-state index in [-0.39, 0.29) is 70.2 Å². The highest BCUT2D eigenvalue weighted by Gasteiger charge is 2.61. The Balaban J connectivity index is 0.00000292. The van der Waals surface area contributed by atoms with E-state index in [1.54, 1.807) is 31.2 Å². The minimum atomic E-state index is -4.71. The van der Waals surface area contributed by atoms with Crippen molar-refractivity contribution in [3.8, 4) is 23.3 Å². The summed E-state index contributed by atoms with van der Waals surface area (Å²) in [4.78, 5) is 32.9. The molecule has 3 aromatic carbocycles. The van der Waals surface area contributed by atoms with Gasteiger partial charge < -0.3 is 29.2 Å². The number of fused-ring (bicyclic) bond motifs is 1. The Morgan fingerprint density at radius 2 is 1.65 bits per heavy atom. The van der Waals surface area contributed by atoms with E-state index >= 15 is 4.79 Å². The number of nitrogens with zero attached hydrogens (tertiary/aromatic N) is 4. The van der Waals surface area contributed by atoms with Crippen LogP contribution in [0.3, 0.4) is 0 Å². The number of nitriles is 1. The summed E-state index contributed by atoms with van der Waals surface area (Å²) in [7, 11) is -1.97. The molecule has 13 nitrogen and oxygen atoms in total. The summed E-state index contributed by atoms with van der Waals surface area (Å²) in [5, 5.41) is 13.3. The Hall–Kier alpha value is -4.26. The Kier molecular flexibility index (Phi) is 12.7. The van der Waals surface area contributed by atoms with Gasteiger partial charge in [-0.1, -0.05) is 18.2 Å². The maximum absolute atomic E-state index is 15.1. The molecular weight excluding hydrogens is 721 g/mol. The van der Waals surface area contributed by atoms with Gasteiger partial charge in [0.2, 0.25) is 5.60 Å². The zero-order chi connectivity index (χ0) is 34.8. The third kappa shape index (κ3) is 7.14. The summed E-state index contributed by atoms with van der Waals surface area (Å²) in [5.41, 5.74) is -2.13. The van der Waals surface area contributed by atoms with Crippen molar-refractivity contribution in [1.29, 1.82) is 5.26 Å². The zero-order valence-corrected chi connectivity index (χ0v) is 30.9. The minimum Gasteiger partial charge on any atom is -0.497 e. The molecule has 1 unspecified atom stereocenters. The van der Waals surface area contributed by atoms with Crippen molar-refractivity contribution >= 4 is 52.5 Å². The number of carbonyl (C=O) groups is 2. The van der Waals surface area contributed by atoms with Crippen LogP contribution in [0.5, 0.6) is 17.2 Å². The standard InChI is InChI=1S/C35H39N5O8S.2ClH/c1-4-47-30-8-6-5-7-27(30)35(48-34(42)39-19-17-38(18-20-39)25-13-15-37-16-14-25)28-21-24(23-36)9-11-29(28)40(33(35)41)49(43,44)32-12-10-26(45-2)22-31(32)46-3;;/h5-12,21-22,25,37H,4,13-20H2,1-3H3;2*1H. The highest BCUT2D eigenvalue weighted by molar-refractivity contribution is 7.93. The summed E-state index contributed by atoms with van der Waals surface area (Å²) in [6.07, 6.45) is 1.26. The fourth-order valence-electron chi connectivity index (χ4n) is 6.85. The van der Waals surface area contributed by atoms with Gasteiger partial charge in [-0.3, -0.25) is 9.69 Å². The van der Waals surface area contributed by atoms with Crippen molar-refractivity contribution in [1.82, 2.24) is 15.1 Å². The molecule has 0 aliphatic carbocycles. The number of anilines is 1. The molecule has 0 saturated carbocycles. The number of piperazine rings is 1. The van der Waals surface area contributed by atoms with Gasteiger partial charge in [-0.15, -0.1) is 24.8 Å². The first-order valence-corrected chi connectivity index (χ1v) is 17.6. The van der Waals surface area contributed by atoms with Gasteiger partial charge in [0.05, 0.1) is 43.7 Å². The zero-order valence-electron chi connectivity index (χ0n) is 28.5. The van der Waals surface area contributed by atoms with Crippen molar-refractivity contribution in [2.75, 3.05) is 64.4 Å². The van der Waals surface area contributed by atoms with Crippen LogP contribution in [-0.4, -0.2) is 96.4 Å². The van der Waals surface area contributed by atoms with Crippen LogP contribution < -0.4 is 23.8 Å². The number of carbonyl (C=O) groups excluding carboxylic acids is 2. The number of hydrogen-bond acceptors (Lipinski definition) is 11. The molecule has 1 atom stereocenters. The summed E-state index contributed by atoms with van der Waals surface area (Å²) < 4.78 is 52.7. The number of amides is 2. The molecule has 2 fully saturated rings. The van der Waals surface area contributed by atoms with Crippen molar-refractivity contribution in [3.63, 3.8) is 0 Å². The fourth-order valence-corrected chi connectivity index (χ4v) is 8.45. The van der Waals surface area contributed by atoms with Crippen LogP contribution >= 0.6 is 24.8 Å². The molecule has 3 aliphatic rings. The lowest BCUT2D eigenvalue weighted by molar-refractivity contribution is -0.132. The number of para-hydroxylation sites is 1. The molecule has 2 saturated heterocycles. The molecule has 3 aromatic rings. The second kappa shape index (κ2) is 16.4. The lowest BCUT2D eigenvalue weighted by atomic mass is 9.85. The fraction of sp³-hybridized carbons (Fsp3) is 0.400. The van der Waals surface area contributed by atoms with Crippen molar-refractivity contribution in [2.45, 2.75) is 36.3 Å². The first-order valence-electron chi connectivity index (χ1n) is 16.2. The number of halogens is 2. The SMILES string of the molecule is CCOc1ccccc1C1(OC(=O)N2CCN(C3CCNCC3)CC2)C(=O)N(S(=O)(=O)c2ccc(OC)cc2OC)c2ccc(C#N)cc21.Cl.Cl. The van der Waals surface area contributed by atoms with Crippen LogP contribution in [0.1, 0.15) is 36.5 Å². The van der Waals surface area contributed by atoms with Crippen molar-refractivity contribution in [3.05, 3.63) is 77.4 Å². The van der Waals surface area contributed by atoms with Crippen LogP contribution in [0.15, 0.2) is 65.6 Å². The Morgan fingerprint density at radius 3 is 2.29 bits per heavy atom. The van der Waals surface area contributed by atoms with Crippen LogP contribution in [0.2, 0.25) is 0 Å². The molecule has 6 rings (SSSR count). The molecule has 0 spiro atoms. The van der Waals surface area contributed by atoms with Crippen LogP contribution in [0, 0.1) is 11.3 Å². The van der Waals surface area contributed by atoms with E-state index < -0.39 is 27.6 Å². The van der Waals surface area contributed by atoms with Gasteiger partial charge >= 0.3 is 6.09 Å². The molecular formula is C35H41Cl2N5O8S. The van der Waals surface area contributed by atoms with Gasteiger partial charge in [0.25, 0.3) is 15.9 Å². The van der Waals surface area contributed by atoms with Gasteiger partial charge in [-0.25, -0.2) is 13.2 Å². The molecule has 16 heteroatoms. The van der Waals surface area contributed by atoms with Gasteiger partial charge in [-0.05, 0) is 69.3 Å². The smallest absolute Gasteiger partial charge is 0.411 e. The normalized spacial score (nSPS) is 19.2. The third-order valence-electron chi connectivity index (χ3n) is 9.30. The predicted octanol–water partition coefficient (Wildman–Crippen LogP) is 4.30. The summed E-state index contributed by atoms with van der Waals surface area (Å²) in [6, 6.07) is 17.3. The highest BCUT2D eigenvalue weighted by atomic mass is 35.5. The highest BCUT2D eigenvalue weighted by Crippen LogP contribution is 2.52. The Labute approximate surface area is 310 Å². The maximum atomic E-state index is 15.1. The molecule has 3 aliphatic heterocycles. The van der Waals surface area contributed by atoms with E-state index in [9.17, 15) is 18.5 Å². The van der Waals surface area contributed by atoms with E-state index in [0.29, 0.717) is 42.3 Å². The molecule has 2 amide bonds. The minimum absolute atomic E-state index is 0. The number of nitrogens with one attached hydrogen (secondary N) is 1. The largest absolute Gasteiger partial charge is 0.497 e. The Bertz CT molecular complexity index is 1890. The van der Waals surface area contributed by atoms with Crippen LogP contribution in [0.25, 0.3) is 0 Å². The number of hydrogen-bond donors (Lipinski definition) is 1. The molecule has 0 aromatic heterocycles. The van der Waals surface area contributed by atoms with Crippen LogP contribution in [-0.2, 0) is 25.2 Å². The lowest BCUT2D eigenvalue weighted by Crippen LogP contribution is -2.55. The number of sulfonamides is 1. The third-order valence-corrected chi connectivity index (χ3v) is 11.0. The summed E-state index contributed by atoms with van der Waals surface area (Å²) in [6.45, 7) is 5.84. The summed E-state index contributed by atoms with van der Waals surface area (Å²) in [5.74, 6) is -0.560. The number of benzene rings is 3. The average molecular weight is 763 g/mol. The van der Waals surface area contributed by atoms with E-state index in [2.05, 4.69) is 16.3 Å². The van der Waals surface area contributed by atoms with E-state index in [1.165, 1.54) is 55.5 Å². The quantitative estimate of drug-likeness (QED) is 0.333. The molecule has 0 bridgehead atoms. The van der Waals surface area contributed by atoms with Crippen LogP contribution in [0.4, 0.5) is 10.5 Å². The molecule has 3 heterocycles. The number of ether oxygens (including phenoxy) is 4. The average Bonchev–Trinajstić information content (AvgIpc) is 3.39. The summed E-state index contributed by atoms with van der Waals surface area (Å²) >= 11 is 0. The number of methoxy groups -OCH3 is 2. The maximum Gasteiger partial charge on any atom is 0.411 e. The van der Waals surface area contributed by atoms with Gasteiger partial charge in [0, 0.05) is 43.9 Å². The second-order valence-corrected chi connectivity index (χ2v) is 13.7. The van der Waals surface area contributed by atoms with Gasteiger partial charge in [-0.2, -0.15) is 9.57 Å². The van der Waals surface area contributed by atoms with Crippen molar-refractivity contribution < 1.29 is 37.0 Å². The molecule has 1 N–H and O–H groups in total. The first kappa shape index (κ1) is 39.5. The van der Waals surface area contributed by atoms with Crippen molar-refractivity contribution in [2.24, 2.45) is 0 Å². The predicted molar refractivity (Wildman–Crippen MR) is 194 cm³/mol. The number of rotatable bonds is 9.